The van der Waals surface area contributed by atoms with E-state index in [0.29, 0.717) is 17.6 Å². The molecule has 140 valence electrons. The first-order valence-corrected chi connectivity index (χ1v) is 9.31. The Balaban J connectivity index is 1.63. The van der Waals surface area contributed by atoms with E-state index in [1.54, 1.807) is 11.1 Å². The molecule has 2 N–H and O–H groups in total. The van der Waals surface area contributed by atoms with Crippen molar-refractivity contribution in [3.8, 4) is 22.5 Å². The van der Waals surface area contributed by atoms with Crippen LogP contribution >= 0.6 is 0 Å². The van der Waals surface area contributed by atoms with Crippen LogP contribution in [-0.4, -0.2) is 39.0 Å². The molecule has 0 amide bonds. The van der Waals surface area contributed by atoms with Gasteiger partial charge in [-0.1, -0.05) is 6.07 Å². The van der Waals surface area contributed by atoms with Crippen LogP contribution < -0.4 is 10.5 Å². The van der Waals surface area contributed by atoms with Crippen molar-refractivity contribution >= 4 is 16.9 Å². The SMILES string of the molecule is CN(C)c1nc(-c2c[nH]c3ccc(-c4cncc(C5CC5)n4)cc23)cc(=O)[nH]1. The number of benzene rings is 1. The molecule has 0 radical (unpaired) electrons. The van der Waals surface area contributed by atoms with Gasteiger partial charge in [0.05, 0.1) is 23.3 Å². The molecule has 1 aromatic carbocycles. The number of nitrogens with one attached hydrogen (secondary N) is 2. The van der Waals surface area contributed by atoms with Gasteiger partial charge in [-0.25, -0.2) is 9.97 Å². The predicted molar refractivity (Wildman–Crippen MR) is 109 cm³/mol. The van der Waals surface area contributed by atoms with Crippen molar-refractivity contribution in [2.45, 2.75) is 18.8 Å². The third kappa shape index (κ3) is 2.94. The van der Waals surface area contributed by atoms with Crippen molar-refractivity contribution in [3.05, 3.63) is 58.9 Å². The highest BCUT2D eigenvalue weighted by Crippen LogP contribution is 2.39. The van der Waals surface area contributed by atoms with Crippen LogP contribution in [0.1, 0.15) is 24.5 Å². The van der Waals surface area contributed by atoms with Gasteiger partial charge in [0, 0.05) is 60.5 Å². The molecule has 1 aliphatic carbocycles. The van der Waals surface area contributed by atoms with Gasteiger partial charge in [-0.3, -0.25) is 14.8 Å². The van der Waals surface area contributed by atoms with Gasteiger partial charge >= 0.3 is 0 Å². The molecule has 7 nitrogen and oxygen atoms in total. The fourth-order valence-corrected chi connectivity index (χ4v) is 3.38. The molecule has 0 atom stereocenters. The van der Waals surface area contributed by atoms with Crippen LogP contribution in [-0.2, 0) is 0 Å². The molecule has 28 heavy (non-hydrogen) atoms. The van der Waals surface area contributed by atoms with Gasteiger partial charge in [0.25, 0.3) is 5.56 Å². The van der Waals surface area contributed by atoms with Gasteiger partial charge in [0.15, 0.2) is 0 Å². The lowest BCUT2D eigenvalue weighted by Crippen LogP contribution is -2.18. The summed E-state index contributed by atoms with van der Waals surface area (Å²) in [5.41, 5.74) is 5.26. The van der Waals surface area contributed by atoms with E-state index in [-0.39, 0.29) is 5.56 Å². The zero-order valence-electron chi connectivity index (χ0n) is 15.7. The van der Waals surface area contributed by atoms with Crippen molar-refractivity contribution in [1.82, 2.24) is 24.9 Å². The number of aromatic nitrogens is 5. The number of rotatable bonds is 4. The Bertz CT molecular complexity index is 1240. The fourth-order valence-electron chi connectivity index (χ4n) is 3.38. The maximum atomic E-state index is 12.1. The molecule has 1 aliphatic rings. The summed E-state index contributed by atoms with van der Waals surface area (Å²) in [7, 11) is 3.70. The molecule has 0 unspecified atom stereocenters. The van der Waals surface area contributed by atoms with Crippen LogP contribution in [0.4, 0.5) is 5.95 Å². The van der Waals surface area contributed by atoms with E-state index in [2.05, 4.69) is 26.0 Å². The Morgan fingerprint density at radius 3 is 2.71 bits per heavy atom. The lowest BCUT2D eigenvalue weighted by atomic mass is 10.1. The molecule has 1 saturated carbocycles. The molecule has 0 saturated heterocycles. The normalized spacial score (nSPS) is 13.8. The molecule has 5 rings (SSSR count). The third-order valence-corrected chi connectivity index (χ3v) is 5.06. The average Bonchev–Trinajstić information content (AvgIpc) is 3.46. The van der Waals surface area contributed by atoms with Gasteiger partial charge in [-0.15, -0.1) is 0 Å². The summed E-state index contributed by atoms with van der Waals surface area (Å²) in [6.07, 6.45) is 7.95. The zero-order chi connectivity index (χ0) is 19.3. The summed E-state index contributed by atoms with van der Waals surface area (Å²) in [6.45, 7) is 0. The minimum absolute atomic E-state index is 0.179. The topological polar surface area (TPSA) is 90.6 Å². The highest BCUT2D eigenvalue weighted by Gasteiger charge is 2.25. The maximum Gasteiger partial charge on any atom is 0.252 e. The van der Waals surface area contributed by atoms with Crippen molar-refractivity contribution in [2.24, 2.45) is 0 Å². The second-order valence-electron chi connectivity index (χ2n) is 7.41. The summed E-state index contributed by atoms with van der Waals surface area (Å²) in [5.74, 6) is 1.08. The smallest absolute Gasteiger partial charge is 0.252 e. The summed E-state index contributed by atoms with van der Waals surface area (Å²) < 4.78 is 0. The first kappa shape index (κ1) is 16.7. The van der Waals surface area contributed by atoms with E-state index in [4.69, 9.17) is 4.98 Å². The van der Waals surface area contributed by atoms with Crippen LogP contribution in [0.2, 0.25) is 0 Å². The molecule has 0 bridgehead atoms. The largest absolute Gasteiger partial charge is 0.360 e. The molecule has 0 aliphatic heterocycles. The van der Waals surface area contributed by atoms with Crippen LogP contribution in [0.25, 0.3) is 33.4 Å². The number of hydrogen-bond acceptors (Lipinski definition) is 5. The molecular weight excluding hydrogens is 352 g/mol. The number of aromatic amines is 2. The zero-order valence-corrected chi connectivity index (χ0v) is 15.7. The van der Waals surface area contributed by atoms with Gasteiger partial charge < -0.3 is 9.88 Å². The molecule has 4 aromatic rings. The minimum Gasteiger partial charge on any atom is -0.360 e. The van der Waals surface area contributed by atoms with E-state index in [1.807, 2.05) is 38.6 Å². The van der Waals surface area contributed by atoms with E-state index >= 15 is 0 Å². The summed E-state index contributed by atoms with van der Waals surface area (Å²) >= 11 is 0. The lowest BCUT2D eigenvalue weighted by molar-refractivity contribution is 0.984. The molecular formula is C21H20N6O. The van der Waals surface area contributed by atoms with Gasteiger partial charge in [0.2, 0.25) is 5.95 Å². The first-order chi connectivity index (χ1) is 13.6. The Labute approximate surface area is 161 Å². The maximum absolute atomic E-state index is 12.1. The Hall–Kier alpha value is -3.48. The summed E-state index contributed by atoms with van der Waals surface area (Å²) in [4.78, 5) is 33.7. The molecule has 1 fully saturated rings. The van der Waals surface area contributed by atoms with Crippen LogP contribution in [0.15, 0.2) is 47.7 Å². The second-order valence-corrected chi connectivity index (χ2v) is 7.41. The van der Waals surface area contributed by atoms with Crippen molar-refractivity contribution in [3.63, 3.8) is 0 Å². The average molecular weight is 372 g/mol. The number of H-pyrrole nitrogens is 2. The van der Waals surface area contributed by atoms with E-state index in [0.717, 1.165) is 33.4 Å². The van der Waals surface area contributed by atoms with Gasteiger partial charge in [0.1, 0.15) is 0 Å². The summed E-state index contributed by atoms with van der Waals surface area (Å²) in [5, 5.41) is 0.999. The van der Waals surface area contributed by atoms with Crippen LogP contribution in [0, 0.1) is 0 Å². The first-order valence-electron chi connectivity index (χ1n) is 9.31. The van der Waals surface area contributed by atoms with Crippen molar-refractivity contribution in [2.75, 3.05) is 19.0 Å². The highest BCUT2D eigenvalue weighted by molar-refractivity contribution is 5.97. The van der Waals surface area contributed by atoms with Crippen LogP contribution in [0.5, 0.6) is 0 Å². The standard InChI is InChI=1S/C21H20N6O/c1-27(2)21-25-17(8-20(28)26-21)15-9-23-16-6-5-13(7-14(15)16)19-11-22-10-18(24-19)12-3-4-12/h5-12,23H,3-4H2,1-2H3,(H,25,26,28). The van der Waals surface area contributed by atoms with Crippen molar-refractivity contribution in [1.29, 1.82) is 0 Å². The minimum atomic E-state index is -0.179. The van der Waals surface area contributed by atoms with E-state index in [1.165, 1.54) is 18.9 Å². The van der Waals surface area contributed by atoms with Crippen molar-refractivity contribution < 1.29 is 0 Å². The second kappa shape index (κ2) is 6.30. The Kier molecular flexibility index (Phi) is 3.75. The van der Waals surface area contributed by atoms with E-state index < -0.39 is 0 Å². The number of anilines is 1. The fraction of sp³-hybridized carbons (Fsp3) is 0.238. The predicted octanol–water partition coefficient (Wildman–Crippen LogP) is 3.32. The number of nitrogens with zero attached hydrogens (tertiary/aromatic N) is 4. The molecule has 7 heteroatoms. The lowest BCUT2D eigenvalue weighted by Gasteiger charge is -2.11. The van der Waals surface area contributed by atoms with E-state index in [9.17, 15) is 4.79 Å². The Morgan fingerprint density at radius 1 is 1.07 bits per heavy atom. The molecule has 3 heterocycles. The van der Waals surface area contributed by atoms with Crippen LogP contribution in [0.3, 0.4) is 0 Å². The monoisotopic (exact) mass is 372 g/mol. The molecule has 3 aromatic heterocycles. The van der Waals surface area contributed by atoms with Gasteiger partial charge in [-0.05, 0) is 25.0 Å². The Morgan fingerprint density at radius 2 is 1.93 bits per heavy atom. The number of hydrogen-bond donors (Lipinski definition) is 2. The number of fused-ring (bicyclic) bond motifs is 1. The summed E-state index contributed by atoms with van der Waals surface area (Å²) in [6, 6.07) is 7.68. The quantitative estimate of drug-likeness (QED) is 0.573. The highest BCUT2D eigenvalue weighted by atomic mass is 16.1. The van der Waals surface area contributed by atoms with Gasteiger partial charge in [-0.2, -0.15) is 0 Å². The molecule has 0 spiro atoms. The third-order valence-electron chi connectivity index (χ3n) is 5.06.